The summed E-state index contributed by atoms with van der Waals surface area (Å²) in [4.78, 5) is 12.0. The summed E-state index contributed by atoms with van der Waals surface area (Å²) in [5, 5.41) is 0.390. The van der Waals surface area contributed by atoms with Crippen LogP contribution in [0.4, 0.5) is 8.78 Å². The summed E-state index contributed by atoms with van der Waals surface area (Å²) < 4.78 is 26.9. The molecule has 0 heterocycles. The van der Waals surface area contributed by atoms with Crippen LogP contribution in [0.25, 0.3) is 0 Å². The molecule has 0 unspecified atom stereocenters. The van der Waals surface area contributed by atoms with Gasteiger partial charge in [-0.1, -0.05) is 29.3 Å². The highest BCUT2D eigenvalue weighted by Gasteiger charge is 2.20. The molecule has 0 radical (unpaired) electrons. The van der Waals surface area contributed by atoms with Gasteiger partial charge in [-0.15, -0.1) is 0 Å². The lowest BCUT2D eigenvalue weighted by atomic mass is 10.0. The summed E-state index contributed by atoms with van der Waals surface area (Å²) in [5.74, 6) is -2.66. The van der Waals surface area contributed by atoms with Crippen molar-refractivity contribution in [2.45, 2.75) is 0 Å². The van der Waals surface area contributed by atoms with Crippen molar-refractivity contribution >= 4 is 29.0 Å². The van der Waals surface area contributed by atoms with E-state index in [-0.39, 0.29) is 10.6 Å². The molecule has 0 saturated carbocycles. The third kappa shape index (κ3) is 2.37. The van der Waals surface area contributed by atoms with Crippen molar-refractivity contribution in [2.75, 3.05) is 0 Å². The summed E-state index contributed by atoms with van der Waals surface area (Å²) >= 11 is 11.5. The summed E-state index contributed by atoms with van der Waals surface area (Å²) in [6, 6.07) is 7.32. The fraction of sp³-hybridized carbons (Fsp3) is 0. The predicted octanol–water partition coefficient (Wildman–Crippen LogP) is 4.50. The van der Waals surface area contributed by atoms with Crippen LogP contribution in [0.1, 0.15) is 15.9 Å². The second-order valence-electron chi connectivity index (χ2n) is 3.55. The second kappa shape index (κ2) is 5.04. The van der Waals surface area contributed by atoms with Crippen LogP contribution in [0.15, 0.2) is 36.4 Å². The van der Waals surface area contributed by atoms with Crippen molar-refractivity contribution in [1.82, 2.24) is 0 Å². The van der Waals surface area contributed by atoms with Crippen molar-refractivity contribution in [3.05, 3.63) is 69.2 Å². The topological polar surface area (TPSA) is 17.1 Å². The van der Waals surface area contributed by atoms with E-state index in [9.17, 15) is 13.6 Å². The van der Waals surface area contributed by atoms with E-state index in [0.29, 0.717) is 5.02 Å². The van der Waals surface area contributed by atoms with E-state index < -0.39 is 23.0 Å². The molecule has 2 aromatic rings. The third-order valence-electron chi connectivity index (χ3n) is 2.37. The highest BCUT2D eigenvalue weighted by Crippen LogP contribution is 2.25. The maximum atomic E-state index is 13.5. The smallest absolute Gasteiger partial charge is 0.200 e. The molecule has 2 rings (SSSR count). The minimum absolute atomic E-state index is 0.00469. The molecule has 18 heavy (non-hydrogen) atoms. The number of hydrogen-bond donors (Lipinski definition) is 0. The third-order valence-corrected chi connectivity index (χ3v) is 2.91. The Morgan fingerprint density at radius 2 is 1.61 bits per heavy atom. The van der Waals surface area contributed by atoms with Crippen LogP contribution in [0, 0.1) is 11.6 Å². The quantitative estimate of drug-likeness (QED) is 0.743. The van der Waals surface area contributed by atoms with Gasteiger partial charge in [0, 0.05) is 10.6 Å². The summed E-state index contributed by atoms with van der Waals surface area (Å²) in [6.07, 6.45) is 0. The molecule has 0 amide bonds. The lowest BCUT2D eigenvalue weighted by Gasteiger charge is -2.06. The molecule has 5 heteroatoms. The van der Waals surface area contributed by atoms with Gasteiger partial charge in [-0.3, -0.25) is 4.79 Å². The first-order valence-electron chi connectivity index (χ1n) is 4.94. The fourth-order valence-corrected chi connectivity index (χ4v) is 2.02. The van der Waals surface area contributed by atoms with Gasteiger partial charge in [-0.25, -0.2) is 8.78 Å². The Morgan fingerprint density at radius 1 is 1.00 bits per heavy atom. The van der Waals surface area contributed by atoms with E-state index in [1.54, 1.807) is 0 Å². The molecule has 0 aliphatic heterocycles. The van der Waals surface area contributed by atoms with Gasteiger partial charge >= 0.3 is 0 Å². The van der Waals surface area contributed by atoms with Crippen LogP contribution >= 0.6 is 23.2 Å². The summed E-state index contributed by atoms with van der Waals surface area (Å²) in [7, 11) is 0. The minimum Gasteiger partial charge on any atom is -0.288 e. The predicted molar refractivity (Wildman–Crippen MR) is 66.3 cm³/mol. The van der Waals surface area contributed by atoms with Crippen molar-refractivity contribution in [2.24, 2.45) is 0 Å². The van der Waals surface area contributed by atoms with Crippen LogP contribution in [0.2, 0.25) is 10.0 Å². The Hall–Kier alpha value is -1.45. The molecular formula is C13H6Cl2F2O. The van der Waals surface area contributed by atoms with E-state index in [2.05, 4.69) is 0 Å². The van der Waals surface area contributed by atoms with Crippen molar-refractivity contribution in [1.29, 1.82) is 0 Å². The lowest BCUT2D eigenvalue weighted by Crippen LogP contribution is -2.08. The van der Waals surface area contributed by atoms with Gasteiger partial charge in [0.1, 0.15) is 11.6 Å². The zero-order valence-electron chi connectivity index (χ0n) is 8.88. The SMILES string of the molecule is O=C(c1ccc(Cl)cc1Cl)c1c(F)cccc1F. The molecule has 0 atom stereocenters. The zero-order valence-corrected chi connectivity index (χ0v) is 10.4. The number of ketones is 1. The Kier molecular flexibility index (Phi) is 3.64. The fourth-order valence-electron chi connectivity index (χ4n) is 1.52. The maximum absolute atomic E-state index is 13.5. The van der Waals surface area contributed by atoms with E-state index in [1.807, 2.05) is 0 Å². The molecule has 0 aliphatic carbocycles. The first kappa shape index (κ1) is 13.0. The molecular weight excluding hydrogens is 281 g/mol. The van der Waals surface area contributed by atoms with Crippen LogP contribution in [0.5, 0.6) is 0 Å². The number of benzene rings is 2. The largest absolute Gasteiger partial charge is 0.288 e. The molecule has 0 fully saturated rings. The monoisotopic (exact) mass is 286 g/mol. The molecule has 0 N–H and O–H groups in total. The molecule has 0 aliphatic rings. The molecule has 1 nitrogen and oxygen atoms in total. The number of hydrogen-bond acceptors (Lipinski definition) is 1. The Balaban J connectivity index is 2.55. The molecule has 2 aromatic carbocycles. The molecule has 92 valence electrons. The average molecular weight is 287 g/mol. The van der Waals surface area contributed by atoms with Crippen LogP contribution in [-0.2, 0) is 0 Å². The summed E-state index contributed by atoms with van der Waals surface area (Å²) in [6.45, 7) is 0. The van der Waals surface area contributed by atoms with Gasteiger partial charge in [0.05, 0.1) is 10.6 Å². The molecule has 0 saturated heterocycles. The van der Waals surface area contributed by atoms with Crippen LogP contribution < -0.4 is 0 Å². The first-order valence-corrected chi connectivity index (χ1v) is 5.70. The van der Waals surface area contributed by atoms with E-state index in [0.717, 1.165) is 12.1 Å². The van der Waals surface area contributed by atoms with Crippen LogP contribution in [0.3, 0.4) is 0 Å². The van der Waals surface area contributed by atoms with E-state index >= 15 is 0 Å². The maximum Gasteiger partial charge on any atom is 0.200 e. The second-order valence-corrected chi connectivity index (χ2v) is 4.39. The van der Waals surface area contributed by atoms with Gasteiger partial charge in [0.15, 0.2) is 5.78 Å². The highest BCUT2D eigenvalue weighted by molar-refractivity contribution is 6.37. The normalized spacial score (nSPS) is 10.4. The van der Waals surface area contributed by atoms with Crippen molar-refractivity contribution in [3.8, 4) is 0 Å². The zero-order chi connectivity index (χ0) is 13.3. The number of halogens is 4. The van der Waals surface area contributed by atoms with E-state index in [1.165, 1.54) is 24.3 Å². The van der Waals surface area contributed by atoms with Crippen molar-refractivity contribution < 1.29 is 13.6 Å². The lowest BCUT2D eigenvalue weighted by molar-refractivity contribution is 0.103. The van der Waals surface area contributed by atoms with Crippen molar-refractivity contribution in [3.63, 3.8) is 0 Å². The van der Waals surface area contributed by atoms with Gasteiger partial charge in [0.25, 0.3) is 0 Å². The summed E-state index contributed by atoms with van der Waals surface area (Å²) in [5.41, 5.74) is -0.619. The molecule has 0 aromatic heterocycles. The van der Waals surface area contributed by atoms with Crippen LogP contribution in [-0.4, -0.2) is 5.78 Å². The average Bonchev–Trinajstić information content (AvgIpc) is 2.28. The Morgan fingerprint density at radius 3 is 2.17 bits per heavy atom. The standard InChI is InChI=1S/C13H6Cl2F2O/c14-7-4-5-8(9(15)6-7)13(18)12-10(16)2-1-3-11(12)17/h1-6H. The van der Waals surface area contributed by atoms with Gasteiger partial charge in [-0.05, 0) is 30.3 Å². The Bertz CT molecular complexity index is 606. The number of carbonyl (C=O) groups is 1. The highest BCUT2D eigenvalue weighted by atomic mass is 35.5. The van der Waals surface area contributed by atoms with Gasteiger partial charge in [0.2, 0.25) is 0 Å². The minimum atomic E-state index is -0.925. The van der Waals surface area contributed by atoms with Gasteiger partial charge < -0.3 is 0 Å². The molecule has 0 bridgehead atoms. The number of carbonyl (C=O) groups excluding carboxylic acids is 1. The Labute approximate surface area is 112 Å². The van der Waals surface area contributed by atoms with E-state index in [4.69, 9.17) is 23.2 Å². The van der Waals surface area contributed by atoms with Gasteiger partial charge in [-0.2, -0.15) is 0 Å². The number of rotatable bonds is 2. The first-order chi connectivity index (χ1) is 8.50. The molecule has 0 spiro atoms.